The molecule has 1 aliphatic rings. The van der Waals surface area contributed by atoms with Crippen LogP contribution in [-0.4, -0.2) is 29.2 Å². The van der Waals surface area contributed by atoms with Crippen LogP contribution >= 0.6 is 0 Å². The first-order valence-electron chi connectivity index (χ1n) is 13.0. The van der Waals surface area contributed by atoms with Gasteiger partial charge in [-0.1, -0.05) is 68.8 Å². The third-order valence-corrected chi connectivity index (χ3v) is 7.01. The Bertz CT molecular complexity index is 1350. The van der Waals surface area contributed by atoms with Crippen molar-refractivity contribution >= 4 is 28.9 Å². The Morgan fingerprint density at radius 3 is 2.43 bits per heavy atom. The number of hydrogen-bond acceptors (Lipinski definition) is 4. The number of ether oxygens (including phenoxy) is 2. The van der Waals surface area contributed by atoms with Gasteiger partial charge in [-0.25, -0.2) is 9.59 Å². The highest BCUT2D eigenvalue weighted by Crippen LogP contribution is 2.45. The monoisotopic (exact) mass is 499 g/mol. The van der Waals surface area contributed by atoms with E-state index in [4.69, 9.17) is 9.47 Å². The summed E-state index contributed by atoms with van der Waals surface area (Å²) in [5, 5.41) is 1.09. The summed E-state index contributed by atoms with van der Waals surface area (Å²) >= 11 is 0. The zero-order chi connectivity index (χ0) is 26.7. The molecule has 4 rings (SSSR count). The van der Waals surface area contributed by atoms with E-state index < -0.39 is 17.5 Å². The quantitative estimate of drug-likeness (QED) is 0.247. The van der Waals surface area contributed by atoms with Gasteiger partial charge >= 0.3 is 11.9 Å². The number of rotatable bonds is 7. The molecule has 1 heterocycles. The SMILES string of the molecule is C=Cc1ccccc1-c1c(C2CCCCC2)c2ccc(C(=O)OC)cc2n1CC(=C)C(=O)OC(C)(C)C. The van der Waals surface area contributed by atoms with Gasteiger partial charge in [0.05, 0.1) is 24.9 Å². The third-order valence-electron chi connectivity index (χ3n) is 7.01. The summed E-state index contributed by atoms with van der Waals surface area (Å²) in [6.07, 6.45) is 7.69. The van der Waals surface area contributed by atoms with Gasteiger partial charge in [0.2, 0.25) is 0 Å². The summed E-state index contributed by atoms with van der Waals surface area (Å²) in [5.41, 5.74) is 5.44. The number of hydrogen-bond donors (Lipinski definition) is 0. The highest BCUT2D eigenvalue weighted by atomic mass is 16.6. The van der Waals surface area contributed by atoms with Crippen molar-refractivity contribution in [3.05, 3.63) is 77.9 Å². The Kier molecular flexibility index (Phi) is 7.72. The van der Waals surface area contributed by atoms with Crippen LogP contribution < -0.4 is 0 Å². The van der Waals surface area contributed by atoms with E-state index in [1.54, 1.807) is 0 Å². The van der Waals surface area contributed by atoms with Gasteiger partial charge in [-0.15, -0.1) is 0 Å². The molecule has 0 N–H and O–H groups in total. The van der Waals surface area contributed by atoms with Crippen LogP contribution in [0.15, 0.2) is 61.2 Å². The molecular formula is C32H37NO4. The third kappa shape index (κ3) is 5.56. The predicted molar refractivity (Wildman–Crippen MR) is 150 cm³/mol. The first kappa shape index (κ1) is 26.5. The number of benzene rings is 2. The van der Waals surface area contributed by atoms with Gasteiger partial charge in [-0.05, 0) is 62.8 Å². The highest BCUT2D eigenvalue weighted by Gasteiger charge is 2.29. The molecule has 0 radical (unpaired) electrons. The van der Waals surface area contributed by atoms with Crippen molar-refractivity contribution in [3.63, 3.8) is 0 Å². The second kappa shape index (κ2) is 10.8. The molecule has 0 atom stereocenters. The Labute approximate surface area is 219 Å². The first-order chi connectivity index (χ1) is 17.6. The summed E-state index contributed by atoms with van der Waals surface area (Å²) in [5.74, 6) is -0.447. The van der Waals surface area contributed by atoms with Gasteiger partial charge in [0.1, 0.15) is 5.60 Å². The minimum absolute atomic E-state index is 0.240. The molecule has 0 bridgehead atoms. The molecular weight excluding hydrogens is 462 g/mol. The van der Waals surface area contributed by atoms with Crippen LogP contribution in [0.3, 0.4) is 0 Å². The summed E-state index contributed by atoms with van der Waals surface area (Å²) in [4.78, 5) is 25.5. The fraction of sp³-hybridized carbons (Fsp3) is 0.375. The first-order valence-corrected chi connectivity index (χ1v) is 13.0. The summed E-state index contributed by atoms with van der Waals surface area (Å²) < 4.78 is 12.8. The molecule has 5 nitrogen and oxygen atoms in total. The minimum atomic E-state index is -0.623. The van der Waals surface area contributed by atoms with Gasteiger partial charge in [-0.2, -0.15) is 0 Å². The molecule has 5 heteroatoms. The van der Waals surface area contributed by atoms with E-state index in [0.29, 0.717) is 17.1 Å². The van der Waals surface area contributed by atoms with Gasteiger partial charge in [0, 0.05) is 22.0 Å². The molecule has 37 heavy (non-hydrogen) atoms. The standard InChI is InChI=1S/C32H37NO4/c1-7-22-13-11-12-16-25(22)29-28(23-14-9-8-10-15-23)26-18-17-24(31(35)36-6)19-27(26)33(29)20-21(2)30(34)37-32(3,4)5/h7,11-13,16-19,23H,1-2,8-10,14-15,20H2,3-6H3. The number of esters is 2. The van der Waals surface area contributed by atoms with Crippen molar-refractivity contribution < 1.29 is 19.1 Å². The van der Waals surface area contributed by atoms with Crippen LogP contribution in [0, 0.1) is 0 Å². The fourth-order valence-electron chi connectivity index (χ4n) is 5.38. The molecule has 3 aromatic rings. The van der Waals surface area contributed by atoms with Crippen LogP contribution in [0.5, 0.6) is 0 Å². The molecule has 0 saturated heterocycles. The smallest absolute Gasteiger partial charge is 0.337 e. The van der Waals surface area contributed by atoms with E-state index in [-0.39, 0.29) is 6.54 Å². The van der Waals surface area contributed by atoms with E-state index in [0.717, 1.165) is 40.6 Å². The second-order valence-electron chi connectivity index (χ2n) is 10.8. The Hall–Kier alpha value is -3.60. The average molecular weight is 500 g/mol. The lowest BCUT2D eigenvalue weighted by Crippen LogP contribution is -2.26. The van der Waals surface area contributed by atoms with E-state index >= 15 is 0 Å². The van der Waals surface area contributed by atoms with Gasteiger partial charge in [0.25, 0.3) is 0 Å². The highest BCUT2D eigenvalue weighted by molar-refractivity contribution is 6.00. The number of carbonyl (C=O) groups is 2. The van der Waals surface area contributed by atoms with Crippen molar-refractivity contribution in [2.75, 3.05) is 7.11 Å². The minimum Gasteiger partial charge on any atom is -0.465 e. The molecule has 0 spiro atoms. The maximum Gasteiger partial charge on any atom is 0.337 e. The average Bonchev–Trinajstić information content (AvgIpc) is 3.20. The molecule has 1 aliphatic carbocycles. The molecule has 1 aromatic heterocycles. The lowest BCUT2D eigenvalue weighted by molar-refractivity contribution is -0.150. The summed E-state index contributed by atoms with van der Waals surface area (Å²) in [6, 6.07) is 13.9. The van der Waals surface area contributed by atoms with E-state index in [1.165, 1.54) is 31.9 Å². The maximum atomic E-state index is 13.0. The van der Waals surface area contributed by atoms with Crippen LogP contribution in [0.25, 0.3) is 28.2 Å². The zero-order valence-corrected chi connectivity index (χ0v) is 22.4. The molecule has 2 aromatic carbocycles. The lowest BCUT2D eigenvalue weighted by atomic mass is 9.81. The number of fused-ring (bicyclic) bond motifs is 1. The van der Waals surface area contributed by atoms with Crippen molar-refractivity contribution in [2.45, 2.75) is 70.9 Å². The Balaban J connectivity index is 2.00. The summed E-state index contributed by atoms with van der Waals surface area (Å²) in [6.45, 7) is 13.9. The Morgan fingerprint density at radius 2 is 1.78 bits per heavy atom. The number of aromatic nitrogens is 1. The lowest BCUT2D eigenvalue weighted by Gasteiger charge is -2.24. The zero-order valence-electron chi connectivity index (χ0n) is 22.4. The van der Waals surface area contributed by atoms with Gasteiger partial charge in [0.15, 0.2) is 0 Å². The van der Waals surface area contributed by atoms with E-state index in [9.17, 15) is 9.59 Å². The van der Waals surface area contributed by atoms with Crippen molar-refractivity contribution in [3.8, 4) is 11.3 Å². The summed E-state index contributed by atoms with van der Waals surface area (Å²) in [7, 11) is 1.38. The van der Waals surface area contributed by atoms with Crippen molar-refractivity contribution in [1.82, 2.24) is 4.57 Å². The fourth-order valence-corrected chi connectivity index (χ4v) is 5.38. The van der Waals surface area contributed by atoms with Crippen molar-refractivity contribution in [1.29, 1.82) is 0 Å². The number of carbonyl (C=O) groups excluding carboxylic acids is 2. The van der Waals surface area contributed by atoms with Gasteiger partial charge < -0.3 is 14.0 Å². The van der Waals surface area contributed by atoms with Crippen LogP contribution in [0.2, 0.25) is 0 Å². The second-order valence-corrected chi connectivity index (χ2v) is 10.8. The molecule has 1 saturated carbocycles. The number of nitrogens with zero attached hydrogens (tertiary/aromatic N) is 1. The van der Waals surface area contributed by atoms with Crippen molar-refractivity contribution in [2.24, 2.45) is 0 Å². The largest absolute Gasteiger partial charge is 0.465 e. The molecule has 1 fully saturated rings. The Morgan fingerprint density at radius 1 is 1.08 bits per heavy atom. The predicted octanol–water partition coefficient (Wildman–Crippen LogP) is 7.68. The van der Waals surface area contributed by atoms with Crippen LogP contribution in [0.4, 0.5) is 0 Å². The molecule has 194 valence electrons. The van der Waals surface area contributed by atoms with Gasteiger partial charge in [-0.3, -0.25) is 0 Å². The molecule has 0 unspecified atom stereocenters. The normalized spacial score (nSPS) is 14.4. The number of methoxy groups -OCH3 is 1. The topological polar surface area (TPSA) is 57.5 Å². The molecule has 0 amide bonds. The van der Waals surface area contributed by atoms with E-state index in [1.807, 2.05) is 57.2 Å². The van der Waals surface area contributed by atoms with Crippen LogP contribution in [-0.2, 0) is 20.8 Å². The maximum absolute atomic E-state index is 13.0. The molecule has 0 aliphatic heterocycles. The van der Waals surface area contributed by atoms with E-state index in [2.05, 4.69) is 29.9 Å². The van der Waals surface area contributed by atoms with Crippen LogP contribution in [0.1, 0.15) is 80.3 Å².